The number of hydrogen-bond acceptors (Lipinski definition) is 2. The lowest BCUT2D eigenvalue weighted by atomic mass is 10.4. The number of halogens is 1. The summed E-state index contributed by atoms with van der Waals surface area (Å²) in [7, 11) is 0. The number of hydrogen-bond donors (Lipinski definition) is 1. The van der Waals surface area contributed by atoms with Gasteiger partial charge in [0.15, 0.2) is 0 Å². The van der Waals surface area contributed by atoms with Crippen molar-refractivity contribution in [2.45, 2.75) is 6.10 Å². The van der Waals surface area contributed by atoms with Crippen molar-refractivity contribution in [3.8, 4) is 0 Å². The molecule has 46 valence electrons. The standard InChI is InChI=1S/C5H8INO/c6-7-1-3-4(2-7)5(3)8/h3-5,8H,1-2H2/t3-,4+,5?. The Balaban J connectivity index is 2.00. The van der Waals surface area contributed by atoms with Gasteiger partial charge in [0, 0.05) is 47.8 Å². The van der Waals surface area contributed by atoms with Crippen molar-refractivity contribution >= 4 is 22.9 Å². The van der Waals surface area contributed by atoms with Crippen LogP contribution in [0.15, 0.2) is 0 Å². The second-order valence-corrected chi connectivity index (χ2v) is 4.01. The Morgan fingerprint density at radius 3 is 2.25 bits per heavy atom. The molecule has 0 aromatic rings. The number of aliphatic hydroxyl groups is 1. The lowest BCUT2D eigenvalue weighted by Gasteiger charge is -2.06. The molecule has 1 N–H and O–H groups in total. The van der Waals surface area contributed by atoms with E-state index in [1.54, 1.807) is 0 Å². The maximum absolute atomic E-state index is 9.03. The number of nitrogens with zero attached hydrogens (tertiary/aromatic N) is 1. The minimum absolute atomic E-state index is 0.0565. The molecule has 3 heteroatoms. The first-order valence-corrected chi connectivity index (χ1v) is 3.84. The molecule has 0 aromatic heterocycles. The van der Waals surface area contributed by atoms with Crippen molar-refractivity contribution in [3.05, 3.63) is 0 Å². The molecule has 0 spiro atoms. The minimum atomic E-state index is 0.0565. The topological polar surface area (TPSA) is 23.5 Å². The lowest BCUT2D eigenvalue weighted by molar-refractivity contribution is 0.226. The van der Waals surface area contributed by atoms with Crippen LogP contribution in [0.2, 0.25) is 0 Å². The van der Waals surface area contributed by atoms with Gasteiger partial charge in [0.1, 0.15) is 0 Å². The molecule has 1 saturated carbocycles. The van der Waals surface area contributed by atoms with Gasteiger partial charge in [-0.15, -0.1) is 0 Å². The van der Waals surface area contributed by atoms with E-state index in [-0.39, 0.29) is 6.10 Å². The molecular formula is C5H8INO. The molecular weight excluding hydrogens is 217 g/mol. The van der Waals surface area contributed by atoms with E-state index in [2.05, 4.69) is 26.0 Å². The van der Waals surface area contributed by atoms with Crippen molar-refractivity contribution < 1.29 is 5.11 Å². The quantitative estimate of drug-likeness (QED) is 0.472. The molecule has 3 atom stereocenters. The third-order valence-electron chi connectivity index (χ3n) is 2.10. The Kier molecular flexibility index (Phi) is 1.07. The molecule has 1 heterocycles. The van der Waals surface area contributed by atoms with E-state index in [9.17, 15) is 0 Å². The zero-order valence-electron chi connectivity index (χ0n) is 4.42. The van der Waals surface area contributed by atoms with E-state index >= 15 is 0 Å². The summed E-state index contributed by atoms with van der Waals surface area (Å²) in [5, 5.41) is 9.03. The Morgan fingerprint density at radius 2 is 1.88 bits per heavy atom. The monoisotopic (exact) mass is 225 g/mol. The van der Waals surface area contributed by atoms with E-state index in [4.69, 9.17) is 5.11 Å². The Morgan fingerprint density at radius 1 is 1.38 bits per heavy atom. The van der Waals surface area contributed by atoms with Crippen LogP contribution in [-0.4, -0.2) is 27.4 Å². The molecule has 1 saturated heterocycles. The van der Waals surface area contributed by atoms with E-state index in [0.29, 0.717) is 11.8 Å². The first-order valence-electron chi connectivity index (χ1n) is 2.88. The predicted octanol–water partition coefficient (Wildman–Crippen LogP) is 0.259. The molecule has 8 heavy (non-hydrogen) atoms. The largest absolute Gasteiger partial charge is 0.392 e. The van der Waals surface area contributed by atoms with Crippen LogP contribution in [0.25, 0.3) is 0 Å². The minimum Gasteiger partial charge on any atom is -0.392 e. The highest BCUT2D eigenvalue weighted by Crippen LogP contribution is 2.46. The molecule has 0 bridgehead atoms. The van der Waals surface area contributed by atoms with Crippen LogP contribution in [0, 0.1) is 11.8 Å². The molecule has 0 amide bonds. The van der Waals surface area contributed by atoms with Crippen LogP contribution in [0.1, 0.15) is 0 Å². The fourth-order valence-electron chi connectivity index (χ4n) is 1.44. The van der Waals surface area contributed by atoms with Gasteiger partial charge >= 0.3 is 0 Å². The summed E-state index contributed by atoms with van der Waals surface area (Å²) in [5.74, 6) is 1.26. The van der Waals surface area contributed by atoms with Gasteiger partial charge in [0.25, 0.3) is 0 Å². The van der Waals surface area contributed by atoms with Crippen molar-refractivity contribution in [3.63, 3.8) is 0 Å². The normalized spacial score (nSPS) is 54.0. The van der Waals surface area contributed by atoms with E-state index in [1.807, 2.05) is 0 Å². The highest BCUT2D eigenvalue weighted by Gasteiger charge is 2.54. The van der Waals surface area contributed by atoms with Crippen molar-refractivity contribution in [1.29, 1.82) is 0 Å². The molecule has 1 aliphatic heterocycles. The van der Waals surface area contributed by atoms with Gasteiger partial charge in [0.05, 0.1) is 6.10 Å². The maximum Gasteiger partial charge on any atom is 0.0629 e. The molecule has 1 aliphatic carbocycles. The molecule has 2 rings (SSSR count). The van der Waals surface area contributed by atoms with Crippen LogP contribution in [-0.2, 0) is 0 Å². The van der Waals surface area contributed by atoms with Crippen LogP contribution >= 0.6 is 22.9 Å². The first kappa shape index (κ1) is 5.44. The van der Waals surface area contributed by atoms with E-state index in [1.165, 1.54) is 0 Å². The fraction of sp³-hybridized carbons (Fsp3) is 1.00. The smallest absolute Gasteiger partial charge is 0.0629 e. The van der Waals surface area contributed by atoms with Crippen LogP contribution in [0.3, 0.4) is 0 Å². The third-order valence-corrected chi connectivity index (χ3v) is 2.89. The second-order valence-electron chi connectivity index (χ2n) is 2.65. The molecule has 0 aromatic carbocycles. The van der Waals surface area contributed by atoms with E-state index in [0.717, 1.165) is 13.1 Å². The highest BCUT2D eigenvalue weighted by atomic mass is 127. The van der Waals surface area contributed by atoms with E-state index < -0.39 is 0 Å². The van der Waals surface area contributed by atoms with Crippen LogP contribution < -0.4 is 0 Å². The second kappa shape index (κ2) is 1.58. The number of aliphatic hydroxyl groups excluding tert-OH is 1. The van der Waals surface area contributed by atoms with Gasteiger partial charge in [0.2, 0.25) is 0 Å². The number of piperidine rings is 1. The van der Waals surface area contributed by atoms with Crippen molar-refractivity contribution in [2.24, 2.45) is 11.8 Å². The summed E-state index contributed by atoms with van der Waals surface area (Å²) in [5.41, 5.74) is 0. The number of rotatable bonds is 0. The Bertz CT molecular complexity index is 107. The summed E-state index contributed by atoms with van der Waals surface area (Å²) in [4.78, 5) is 0. The average molecular weight is 225 g/mol. The molecule has 2 fully saturated rings. The van der Waals surface area contributed by atoms with Crippen molar-refractivity contribution in [2.75, 3.05) is 13.1 Å². The van der Waals surface area contributed by atoms with Crippen molar-refractivity contribution in [1.82, 2.24) is 3.11 Å². The molecule has 1 unspecified atom stereocenters. The molecule has 2 aliphatic rings. The SMILES string of the molecule is OC1[C@H]2CN(I)C[C@@H]12. The average Bonchev–Trinajstić information content (AvgIpc) is 2.29. The molecule has 0 radical (unpaired) electrons. The summed E-state index contributed by atoms with van der Waals surface area (Å²) in [6.45, 7) is 2.21. The van der Waals surface area contributed by atoms with Gasteiger partial charge in [-0.1, -0.05) is 0 Å². The fourth-order valence-corrected chi connectivity index (χ4v) is 2.35. The summed E-state index contributed by atoms with van der Waals surface area (Å²) in [6, 6.07) is 0. The number of fused-ring (bicyclic) bond motifs is 1. The molecule has 2 nitrogen and oxygen atoms in total. The lowest BCUT2D eigenvalue weighted by Crippen LogP contribution is -2.14. The maximum atomic E-state index is 9.03. The van der Waals surface area contributed by atoms with Crippen LogP contribution in [0.4, 0.5) is 0 Å². The summed E-state index contributed by atoms with van der Waals surface area (Å²) in [6.07, 6.45) is 0.0565. The zero-order valence-corrected chi connectivity index (χ0v) is 6.58. The third kappa shape index (κ3) is 0.610. The van der Waals surface area contributed by atoms with Crippen LogP contribution in [0.5, 0.6) is 0 Å². The zero-order chi connectivity index (χ0) is 5.72. The van der Waals surface area contributed by atoms with Gasteiger partial charge in [-0.25, -0.2) is 3.11 Å². The Hall–Kier alpha value is 0.650. The highest BCUT2D eigenvalue weighted by molar-refractivity contribution is 14.1. The Labute approximate surface area is 62.4 Å². The van der Waals surface area contributed by atoms with Gasteiger partial charge in [-0.2, -0.15) is 0 Å². The summed E-state index contributed by atoms with van der Waals surface area (Å²) >= 11 is 2.31. The van der Waals surface area contributed by atoms with Gasteiger partial charge < -0.3 is 5.11 Å². The van der Waals surface area contributed by atoms with Gasteiger partial charge in [-0.05, 0) is 0 Å². The summed E-state index contributed by atoms with van der Waals surface area (Å²) < 4.78 is 2.25. The first-order chi connectivity index (χ1) is 3.79. The predicted molar refractivity (Wildman–Crippen MR) is 38.6 cm³/mol. The van der Waals surface area contributed by atoms with Gasteiger partial charge in [-0.3, -0.25) is 0 Å².